The molecule has 0 atom stereocenters. The molecule has 0 saturated carbocycles. The quantitative estimate of drug-likeness (QED) is 0.383. The van der Waals surface area contributed by atoms with Gasteiger partial charge in [0.05, 0.1) is 17.2 Å². The molecule has 0 aromatic carbocycles. The van der Waals surface area contributed by atoms with E-state index in [0.29, 0.717) is 6.26 Å². The van der Waals surface area contributed by atoms with Crippen molar-refractivity contribution in [3.63, 3.8) is 0 Å². The third kappa shape index (κ3) is 5200. The fourth-order valence-electron chi connectivity index (χ4n) is 0. The molecule has 0 radical (unpaired) electrons. The summed E-state index contributed by atoms with van der Waals surface area (Å²) in [5.74, 6) is 0. The molecule has 0 aromatic heterocycles. The lowest BCUT2D eigenvalue weighted by Gasteiger charge is -1.90. The third-order valence-electron chi connectivity index (χ3n) is 0. The van der Waals surface area contributed by atoms with Crippen molar-refractivity contribution in [1.82, 2.24) is 0 Å². The molecule has 7 heavy (non-hydrogen) atoms. The zero-order chi connectivity index (χ0) is 6.50. The second-order valence-corrected chi connectivity index (χ2v) is 2.11. The molecule has 0 aromatic rings. The van der Waals surface area contributed by atoms with Gasteiger partial charge >= 0.3 is 0 Å². The number of hydrogen-bond donors (Lipinski definition) is 1. The maximum absolute atomic E-state index is 9.08. The second-order valence-electron chi connectivity index (χ2n) is 0.704. The zero-order valence-corrected chi connectivity index (χ0v) is 5.16. The molecule has 0 aliphatic rings. The van der Waals surface area contributed by atoms with Crippen LogP contribution in [-0.4, -0.2) is 26.3 Å². The Morgan fingerprint density at radius 3 is 1.43 bits per heavy atom. The first-order chi connectivity index (χ1) is 3.00. The zero-order valence-electron chi connectivity index (χ0n) is 4.34. The van der Waals surface area contributed by atoms with Crippen molar-refractivity contribution in [1.29, 1.82) is 0 Å². The second kappa shape index (κ2) is 4.04. The van der Waals surface area contributed by atoms with Crippen LogP contribution in [0.15, 0.2) is 0 Å². The molecule has 46 valence electrons. The van der Waals surface area contributed by atoms with Gasteiger partial charge in [-0.2, -0.15) is 0 Å². The SMILES string of the molecule is CS(=O)(=O)[O-].C[NH3+]. The van der Waals surface area contributed by atoms with Crippen LogP contribution in [0.4, 0.5) is 0 Å². The van der Waals surface area contributed by atoms with Gasteiger partial charge in [-0.05, 0) is 0 Å². The van der Waals surface area contributed by atoms with Gasteiger partial charge in [0.15, 0.2) is 0 Å². The summed E-state index contributed by atoms with van der Waals surface area (Å²) in [6.07, 6.45) is 0.604. The molecule has 0 spiro atoms. The maximum Gasteiger partial charge on any atom is 0.0916 e. The average molecular weight is 127 g/mol. The van der Waals surface area contributed by atoms with E-state index in [-0.39, 0.29) is 0 Å². The molecule has 0 aliphatic carbocycles. The lowest BCUT2D eigenvalue weighted by atomic mass is 11.6. The highest BCUT2D eigenvalue weighted by molar-refractivity contribution is 7.84. The van der Waals surface area contributed by atoms with Gasteiger partial charge in [0.25, 0.3) is 0 Å². The molecular weight excluding hydrogens is 118 g/mol. The van der Waals surface area contributed by atoms with E-state index in [2.05, 4.69) is 5.73 Å². The summed E-state index contributed by atoms with van der Waals surface area (Å²) >= 11 is 0. The molecular formula is C2H9NO3S. The summed E-state index contributed by atoms with van der Waals surface area (Å²) in [5.41, 5.74) is 3.25. The van der Waals surface area contributed by atoms with Crippen molar-refractivity contribution >= 4 is 10.1 Å². The minimum absolute atomic E-state index is 0.604. The van der Waals surface area contributed by atoms with Gasteiger partial charge in [0.2, 0.25) is 0 Å². The van der Waals surface area contributed by atoms with E-state index in [1.165, 1.54) is 0 Å². The Bertz CT molecular complexity index is 96.1. The summed E-state index contributed by atoms with van der Waals surface area (Å²) in [7, 11) is -2.17. The van der Waals surface area contributed by atoms with Crippen LogP contribution >= 0.6 is 0 Å². The number of hydrogen-bond acceptors (Lipinski definition) is 3. The van der Waals surface area contributed by atoms with E-state index in [1.807, 2.05) is 0 Å². The van der Waals surface area contributed by atoms with Gasteiger partial charge < -0.3 is 10.3 Å². The van der Waals surface area contributed by atoms with Crippen molar-refractivity contribution in [3.8, 4) is 0 Å². The smallest absolute Gasteiger partial charge is 0.0916 e. The minimum Gasteiger partial charge on any atom is -0.748 e. The summed E-state index contributed by atoms with van der Waals surface area (Å²) in [4.78, 5) is 0. The monoisotopic (exact) mass is 127 g/mol. The molecule has 0 bridgehead atoms. The maximum atomic E-state index is 9.08. The van der Waals surface area contributed by atoms with E-state index in [1.54, 1.807) is 7.05 Å². The fraction of sp³-hybridized carbons (Fsp3) is 1.00. The molecule has 0 amide bonds. The average Bonchev–Trinajstić information content (AvgIpc) is 1.36. The van der Waals surface area contributed by atoms with Crippen molar-refractivity contribution in [2.75, 3.05) is 13.3 Å². The first-order valence-corrected chi connectivity index (χ1v) is 3.43. The lowest BCUT2D eigenvalue weighted by molar-refractivity contribution is -0.325. The highest BCUT2D eigenvalue weighted by Gasteiger charge is 1.65. The van der Waals surface area contributed by atoms with Crippen molar-refractivity contribution in [2.45, 2.75) is 0 Å². The van der Waals surface area contributed by atoms with Crippen LogP contribution in [0.2, 0.25) is 0 Å². The first-order valence-electron chi connectivity index (χ1n) is 1.62. The van der Waals surface area contributed by atoms with E-state index < -0.39 is 10.1 Å². The largest absolute Gasteiger partial charge is 0.748 e. The summed E-state index contributed by atoms with van der Waals surface area (Å²) in [5, 5.41) is 0. The van der Waals surface area contributed by atoms with E-state index in [0.717, 1.165) is 0 Å². The Hall–Kier alpha value is -0.130. The molecule has 0 unspecified atom stereocenters. The highest BCUT2D eigenvalue weighted by atomic mass is 32.2. The van der Waals surface area contributed by atoms with E-state index >= 15 is 0 Å². The van der Waals surface area contributed by atoms with Crippen molar-refractivity contribution in [2.24, 2.45) is 0 Å². The molecule has 0 rings (SSSR count). The Labute approximate surface area is 43.1 Å². The fourth-order valence-corrected chi connectivity index (χ4v) is 0. The first kappa shape index (κ1) is 9.98. The Morgan fingerprint density at radius 1 is 1.43 bits per heavy atom. The topological polar surface area (TPSA) is 84.8 Å². The van der Waals surface area contributed by atoms with Crippen LogP contribution in [-0.2, 0) is 10.1 Å². The molecule has 3 N–H and O–H groups in total. The molecule has 4 nitrogen and oxygen atoms in total. The predicted molar refractivity (Wildman–Crippen MR) is 24.4 cm³/mol. The predicted octanol–water partition coefficient (Wildman–Crippen LogP) is -1.98. The van der Waals surface area contributed by atoms with Gasteiger partial charge in [0, 0.05) is 6.26 Å². The molecule has 0 fully saturated rings. The Kier molecular flexibility index (Phi) is 5.76. The summed E-state index contributed by atoms with van der Waals surface area (Å²) < 4.78 is 27.2. The third-order valence-corrected chi connectivity index (χ3v) is 0. The van der Waals surface area contributed by atoms with Crippen molar-refractivity contribution in [3.05, 3.63) is 0 Å². The van der Waals surface area contributed by atoms with Crippen LogP contribution in [0.5, 0.6) is 0 Å². The van der Waals surface area contributed by atoms with Crippen LogP contribution in [0.3, 0.4) is 0 Å². The number of rotatable bonds is 0. The van der Waals surface area contributed by atoms with E-state index in [9.17, 15) is 0 Å². The summed E-state index contributed by atoms with van der Waals surface area (Å²) in [6, 6.07) is 0. The Morgan fingerprint density at radius 2 is 1.43 bits per heavy atom. The molecule has 5 heteroatoms. The summed E-state index contributed by atoms with van der Waals surface area (Å²) in [6.45, 7) is 0. The van der Waals surface area contributed by atoms with Gasteiger partial charge in [-0.1, -0.05) is 0 Å². The lowest BCUT2D eigenvalue weighted by Crippen LogP contribution is -2.40. The molecule has 0 heterocycles. The van der Waals surface area contributed by atoms with Crippen LogP contribution in [0.1, 0.15) is 0 Å². The van der Waals surface area contributed by atoms with E-state index in [4.69, 9.17) is 13.0 Å². The van der Waals surface area contributed by atoms with Crippen molar-refractivity contribution < 1.29 is 18.7 Å². The van der Waals surface area contributed by atoms with Crippen LogP contribution in [0, 0.1) is 0 Å². The Balaban J connectivity index is 0. The van der Waals surface area contributed by atoms with Gasteiger partial charge in [-0.15, -0.1) is 0 Å². The molecule has 0 saturated heterocycles. The molecule has 0 aliphatic heterocycles. The minimum atomic E-state index is -3.92. The van der Waals surface area contributed by atoms with Gasteiger partial charge in [-0.25, -0.2) is 8.42 Å². The van der Waals surface area contributed by atoms with Crippen LogP contribution in [0.25, 0.3) is 0 Å². The number of quaternary nitrogens is 1. The highest BCUT2D eigenvalue weighted by Crippen LogP contribution is 1.59. The normalized spacial score (nSPS) is 9.14. The van der Waals surface area contributed by atoms with Gasteiger partial charge in [-0.3, -0.25) is 0 Å². The standard InChI is InChI=1S/CH5N.CH4O3S/c1-2;1-5(2,3)4/h2H2,1H3;1H3,(H,2,3,4). The van der Waals surface area contributed by atoms with Gasteiger partial charge in [0.1, 0.15) is 0 Å². The van der Waals surface area contributed by atoms with Crippen LogP contribution < -0.4 is 5.73 Å².